The molecule has 2 atom stereocenters. The second kappa shape index (κ2) is 3.17. The molecule has 1 amide bonds. The molecule has 2 N–H and O–H groups in total. The Bertz CT molecular complexity index is 234. The van der Waals surface area contributed by atoms with Crippen LogP contribution in [0.15, 0.2) is 0 Å². The molecule has 3 nitrogen and oxygen atoms in total. The first-order valence-corrected chi connectivity index (χ1v) is 5.98. The lowest BCUT2D eigenvalue weighted by Gasteiger charge is -2.41. The van der Waals surface area contributed by atoms with Crippen LogP contribution in [0.5, 0.6) is 0 Å². The topological polar surface area (TPSA) is 36.9 Å². The average molecular weight is 201 g/mol. The fraction of sp³-hybridized carbons (Fsp3) is 0.889. The van der Waals surface area contributed by atoms with Gasteiger partial charge in [-0.2, -0.15) is 0 Å². The molecule has 2 fully saturated rings. The van der Waals surface area contributed by atoms with E-state index in [1.54, 1.807) is 0 Å². The highest BCUT2D eigenvalue weighted by Gasteiger charge is 2.48. The zero-order valence-electron chi connectivity index (χ0n) is 8.25. The first kappa shape index (κ1) is 9.34. The first-order chi connectivity index (χ1) is 6.17. The molecule has 2 rings (SSSR count). The summed E-state index contributed by atoms with van der Waals surface area (Å²) in [6, 6.07) is 0. The molecule has 2 saturated heterocycles. The monoisotopic (exact) mass is 201 g/mol. The van der Waals surface area contributed by atoms with Crippen molar-refractivity contribution in [2.24, 2.45) is 0 Å². The van der Waals surface area contributed by atoms with Gasteiger partial charge in [-0.05, 0) is 6.92 Å². The summed E-state index contributed by atoms with van der Waals surface area (Å²) in [6.45, 7) is 6.48. The Kier molecular flexibility index (Phi) is 2.28. The van der Waals surface area contributed by atoms with E-state index in [4.69, 9.17) is 0 Å². The first-order valence-electron chi connectivity index (χ1n) is 4.93. The molecule has 0 aliphatic carbocycles. The number of thioether (sulfide) groups is 1. The van der Waals surface area contributed by atoms with Crippen LogP contribution in [-0.2, 0) is 4.79 Å². The molecule has 0 unspecified atom stereocenters. The largest absolute Gasteiger partial charge is 0.338 e. The highest BCUT2D eigenvalue weighted by molar-refractivity contribution is 8.01. The molecule has 0 saturated carbocycles. The number of carbonyl (C=O) groups is 1. The zero-order chi connectivity index (χ0) is 9.47. The van der Waals surface area contributed by atoms with Gasteiger partial charge in [0.25, 0.3) is 0 Å². The maximum absolute atomic E-state index is 11.5. The molecular weight excluding hydrogens is 184 g/mol. The Balaban J connectivity index is 2.20. The molecule has 4 heteroatoms. The van der Waals surface area contributed by atoms with Crippen molar-refractivity contribution in [1.82, 2.24) is 4.90 Å². The van der Waals surface area contributed by atoms with Crippen molar-refractivity contribution < 1.29 is 10.1 Å². The molecule has 0 bridgehead atoms. The number of carbonyl (C=O) groups excluding carboxylic acids is 1. The number of rotatable bonds is 1. The van der Waals surface area contributed by atoms with Crippen molar-refractivity contribution in [2.45, 2.75) is 31.2 Å². The third kappa shape index (κ3) is 1.36. The van der Waals surface area contributed by atoms with E-state index in [2.05, 4.69) is 24.1 Å². The van der Waals surface area contributed by atoms with Crippen LogP contribution < -0.4 is 5.32 Å². The Hall–Kier alpha value is -0.220. The summed E-state index contributed by atoms with van der Waals surface area (Å²) in [5.41, 5.74) is 0.245. The minimum absolute atomic E-state index is 0.245. The molecule has 13 heavy (non-hydrogen) atoms. The summed E-state index contributed by atoms with van der Waals surface area (Å²) in [5.74, 6) is 1.02. The van der Waals surface area contributed by atoms with Gasteiger partial charge in [-0.1, -0.05) is 6.92 Å². The number of fused-ring (bicyclic) bond motifs is 1. The number of hydrogen-bond donors (Lipinski definition) is 1. The van der Waals surface area contributed by atoms with Crippen LogP contribution in [0.1, 0.15) is 20.3 Å². The summed E-state index contributed by atoms with van der Waals surface area (Å²) in [5, 5.41) is 2.82. The summed E-state index contributed by atoms with van der Waals surface area (Å²) in [7, 11) is 0. The fourth-order valence-electron chi connectivity index (χ4n) is 2.20. The summed E-state index contributed by atoms with van der Waals surface area (Å²) >= 11 is 1.81. The van der Waals surface area contributed by atoms with Gasteiger partial charge in [0.2, 0.25) is 5.91 Å². The summed E-state index contributed by atoms with van der Waals surface area (Å²) in [4.78, 5) is 13.6. The van der Waals surface area contributed by atoms with E-state index in [-0.39, 0.29) is 5.54 Å². The zero-order valence-corrected chi connectivity index (χ0v) is 9.06. The SMILES string of the molecule is CC[C@@]1(C)[NH2+]CCN2C(=O)CS[C@H]21. The molecule has 0 aromatic heterocycles. The van der Waals surface area contributed by atoms with Gasteiger partial charge < -0.3 is 10.2 Å². The number of nitrogens with two attached hydrogens (primary N) is 1. The molecule has 2 aliphatic heterocycles. The number of amides is 1. The van der Waals surface area contributed by atoms with Crippen molar-refractivity contribution in [2.75, 3.05) is 18.8 Å². The maximum Gasteiger partial charge on any atom is 0.233 e. The van der Waals surface area contributed by atoms with Gasteiger partial charge in [-0.3, -0.25) is 4.79 Å². The third-order valence-corrected chi connectivity index (χ3v) is 4.80. The van der Waals surface area contributed by atoms with Crippen LogP contribution >= 0.6 is 11.8 Å². The van der Waals surface area contributed by atoms with Crippen LogP contribution in [0.3, 0.4) is 0 Å². The third-order valence-electron chi connectivity index (χ3n) is 3.27. The second-order valence-corrected chi connectivity index (χ2v) is 5.17. The van der Waals surface area contributed by atoms with Crippen molar-refractivity contribution in [1.29, 1.82) is 0 Å². The van der Waals surface area contributed by atoms with Gasteiger partial charge in [-0.15, -0.1) is 11.8 Å². The van der Waals surface area contributed by atoms with Gasteiger partial charge in [-0.25, -0.2) is 0 Å². The molecule has 2 heterocycles. The average Bonchev–Trinajstić information content (AvgIpc) is 2.50. The Morgan fingerprint density at radius 2 is 2.54 bits per heavy atom. The molecule has 0 aromatic rings. The van der Waals surface area contributed by atoms with E-state index in [0.29, 0.717) is 17.0 Å². The van der Waals surface area contributed by atoms with E-state index >= 15 is 0 Å². The lowest BCUT2D eigenvalue weighted by Crippen LogP contribution is -3.02. The highest BCUT2D eigenvalue weighted by Crippen LogP contribution is 2.33. The predicted octanol–water partition coefficient (Wildman–Crippen LogP) is -0.366. The number of hydrogen-bond acceptors (Lipinski definition) is 2. The van der Waals surface area contributed by atoms with E-state index in [9.17, 15) is 4.79 Å². The number of nitrogens with zero attached hydrogens (tertiary/aromatic N) is 1. The van der Waals surface area contributed by atoms with Crippen molar-refractivity contribution >= 4 is 17.7 Å². The minimum Gasteiger partial charge on any atom is -0.338 e. The van der Waals surface area contributed by atoms with Crippen LogP contribution in [0.4, 0.5) is 0 Å². The minimum atomic E-state index is 0.245. The Morgan fingerprint density at radius 1 is 1.77 bits per heavy atom. The lowest BCUT2D eigenvalue weighted by molar-refractivity contribution is -0.734. The molecule has 74 valence electrons. The summed E-state index contributed by atoms with van der Waals surface area (Å²) < 4.78 is 0. The van der Waals surface area contributed by atoms with Crippen LogP contribution in [0.2, 0.25) is 0 Å². The van der Waals surface area contributed by atoms with Crippen LogP contribution in [0, 0.1) is 0 Å². The van der Waals surface area contributed by atoms with Crippen molar-refractivity contribution in [3.63, 3.8) is 0 Å². The fourth-order valence-corrected chi connectivity index (χ4v) is 3.71. The number of quaternary nitrogens is 1. The Morgan fingerprint density at radius 3 is 3.23 bits per heavy atom. The van der Waals surface area contributed by atoms with E-state index in [1.807, 2.05) is 11.8 Å². The van der Waals surface area contributed by atoms with Gasteiger partial charge in [0.15, 0.2) is 0 Å². The number of piperazine rings is 1. The van der Waals surface area contributed by atoms with Gasteiger partial charge >= 0.3 is 0 Å². The van der Waals surface area contributed by atoms with Gasteiger partial charge in [0.05, 0.1) is 18.8 Å². The standard InChI is InChI=1S/C9H16N2OS/c1-3-9(2)8-11(5-4-10-9)7(12)6-13-8/h8,10H,3-6H2,1-2H3/p+1/t8-,9+/m0/s1. The van der Waals surface area contributed by atoms with Gasteiger partial charge in [0, 0.05) is 6.42 Å². The van der Waals surface area contributed by atoms with Crippen LogP contribution in [0.25, 0.3) is 0 Å². The normalized spacial score (nSPS) is 39.4. The quantitative estimate of drug-likeness (QED) is 0.629. The highest BCUT2D eigenvalue weighted by atomic mass is 32.2. The molecule has 0 radical (unpaired) electrons. The second-order valence-electron chi connectivity index (χ2n) is 4.10. The smallest absolute Gasteiger partial charge is 0.233 e. The van der Waals surface area contributed by atoms with E-state index in [0.717, 1.165) is 19.5 Å². The summed E-state index contributed by atoms with van der Waals surface area (Å²) in [6.07, 6.45) is 1.13. The Labute approximate surface area is 83.2 Å². The predicted molar refractivity (Wildman–Crippen MR) is 53.4 cm³/mol. The molecular formula is C9H17N2OS+. The molecule has 2 aliphatic rings. The van der Waals surface area contributed by atoms with Gasteiger partial charge in [0.1, 0.15) is 10.9 Å². The van der Waals surface area contributed by atoms with Crippen molar-refractivity contribution in [3.8, 4) is 0 Å². The maximum atomic E-state index is 11.5. The van der Waals surface area contributed by atoms with E-state index < -0.39 is 0 Å². The molecule has 0 spiro atoms. The van der Waals surface area contributed by atoms with Crippen molar-refractivity contribution in [3.05, 3.63) is 0 Å². The lowest BCUT2D eigenvalue weighted by atomic mass is 9.95. The van der Waals surface area contributed by atoms with E-state index in [1.165, 1.54) is 0 Å². The van der Waals surface area contributed by atoms with Crippen LogP contribution in [-0.4, -0.2) is 40.6 Å². The molecule has 0 aromatic carbocycles.